The van der Waals surface area contributed by atoms with Crippen molar-refractivity contribution in [2.24, 2.45) is 0 Å². The highest BCUT2D eigenvalue weighted by Gasteiger charge is 2.16. The van der Waals surface area contributed by atoms with Gasteiger partial charge in [-0.3, -0.25) is 9.59 Å². The van der Waals surface area contributed by atoms with Gasteiger partial charge in [-0.15, -0.1) is 0 Å². The zero-order valence-electron chi connectivity index (χ0n) is 11.0. The van der Waals surface area contributed by atoms with Gasteiger partial charge in [-0.1, -0.05) is 6.42 Å². The predicted octanol–water partition coefficient (Wildman–Crippen LogP) is -0.603. The molecule has 0 spiro atoms. The van der Waals surface area contributed by atoms with Crippen LogP contribution in [0.3, 0.4) is 0 Å². The fourth-order valence-electron chi connectivity index (χ4n) is 1.93. The van der Waals surface area contributed by atoms with E-state index < -0.39 is 0 Å². The predicted molar refractivity (Wildman–Crippen MR) is 68.2 cm³/mol. The van der Waals surface area contributed by atoms with Gasteiger partial charge in [0.25, 0.3) is 0 Å². The summed E-state index contributed by atoms with van der Waals surface area (Å²) in [6, 6.07) is 0.260. The number of carbonyl (C=O) groups excluding carboxylic acids is 2. The van der Waals surface area contributed by atoms with Crippen LogP contribution < -0.4 is 16.0 Å². The molecule has 0 aromatic rings. The summed E-state index contributed by atoms with van der Waals surface area (Å²) in [5.74, 6) is -0.256. The fraction of sp³-hybridized carbons (Fsp3) is 0.833. The molecule has 0 radical (unpaired) electrons. The second-order valence-electron chi connectivity index (χ2n) is 4.47. The first-order valence-corrected chi connectivity index (χ1v) is 6.48. The highest BCUT2D eigenvalue weighted by atomic mass is 16.5. The molecule has 1 fully saturated rings. The van der Waals surface area contributed by atoms with E-state index in [2.05, 4.69) is 16.0 Å². The lowest BCUT2D eigenvalue weighted by atomic mass is 10.0. The van der Waals surface area contributed by atoms with Crippen molar-refractivity contribution in [3.8, 4) is 0 Å². The molecular formula is C12H23N3O3. The summed E-state index contributed by atoms with van der Waals surface area (Å²) in [5, 5.41) is 8.57. The van der Waals surface area contributed by atoms with Crippen LogP contribution in [0, 0.1) is 0 Å². The van der Waals surface area contributed by atoms with Crippen molar-refractivity contribution in [3.05, 3.63) is 0 Å². The van der Waals surface area contributed by atoms with Gasteiger partial charge in [-0.25, -0.2) is 0 Å². The van der Waals surface area contributed by atoms with Gasteiger partial charge < -0.3 is 20.7 Å². The molecule has 1 atom stereocenters. The van der Waals surface area contributed by atoms with Crippen LogP contribution in [0.15, 0.2) is 0 Å². The SMILES string of the molecule is COCCNC(=O)CNC(=O)CC1CCCCN1. The maximum Gasteiger partial charge on any atom is 0.239 e. The molecule has 1 rings (SSSR count). The van der Waals surface area contributed by atoms with Crippen molar-refractivity contribution in [1.29, 1.82) is 0 Å². The van der Waals surface area contributed by atoms with Gasteiger partial charge in [-0.05, 0) is 19.4 Å². The lowest BCUT2D eigenvalue weighted by molar-refractivity contribution is -0.126. The minimum absolute atomic E-state index is 0.0370. The van der Waals surface area contributed by atoms with Gasteiger partial charge in [0.15, 0.2) is 0 Å². The number of carbonyl (C=O) groups is 2. The first kappa shape index (κ1) is 14.9. The van der Waals surface area contributed by atoms with E-state index in [1.54, 1.807) is 7.11 Å². The molecule has 104 valence electrons. The standard InChI is InChI=1S/C12H23N3O3/c1-18-7-6-14-12(17)9-15-11(16)8-10-4-2-3-5-13-10/h10,13H,2-9H2,1H3,(H,14,17)(H,15,16). The third kappa shape index (κ3) is 6.56. The molecule has 1 saturated heterocycles. The average Bonchev–Trinajstić information content (AvgIpc) is 2.38. The summed E-state index contributed by atoms with van der Waals surface area (Å²) in [4.78, 5) is 22.9. The Hall–Kier alpha value is -1.14. The van der Waals surface area contributed by atoms with Crippen LogP contribution in [-0.2, 0) is 14.3 Å². The van der Waals surface area contributed by atoms with E-state index in [0.29, 0.717) is 19.6 Å². The number of nitrogens with one attached hydrogen (secondary N) is 3. The van der Waals surface area contributed by atoms with Crippen LogP contribution >= 0.6 is 0 Å². The topological polar surface area (TPSA) is 79.5 Å². The molecule has 6 heteroatoms. The molecule has 18 heavy (non-hydrogen) atoms. The molecule has 0 bridgehead atoms. The van der Waals surface area contributed by atoms with Crippen LogP contribution in [-0.4, -0.2) is 51.2 Å². The first-order valence-electron chi connectivity index (χ1n) is 6.48. The van der Waals surface area contributed by atoms with Crippen LogP contribution in [0.25, 0.3) is 0 Å². The summed E-state index contributed by atoms with van der Waals surface area (Å²) in [7, 11) is 1.57. The number of piperidine rings is 1. The third-order valence-electron chi connectivity index (χ3n) is 2.92. The summed E-state index contributed by atoms with van der Waals surface area (Å²) < 4.78 is 4.81. The minimum Gasteiger partial charge on any atom is -0.383 e. The van der Waals surface area contributed by atoms with E-state index in [4.69, 9.17) is 4.74 Å². The van der Waals surface area contributed by atoms with Gasteiger partial charge >= 0.3 is 0 Å². The zero-order valence-corrected chi connectivity index (χ0v) is 11.0. The third-order valence-corrected chi connectivity index (χ3v) is 2.92. The summed E-state index contributed by atoms with van der Waals surface area (Å²) in [5.41, 5.74) is 0. The second kappa shape index (κ2) is 8.88. The molecule has 1 heterocycles. The van der Waals surface area contributed by atoms with Gasteiger partial charge in [0.05, 0.1) is 13.2 Å². The molecule has 0 saturated carbocycles. The van der Waals surface area contributed by atoms with Crippen LogP contribution in [0.4, 0.5) is 0 Å². The van der Waals surface area contributed by atoms with Crippen LogP contribution in [0.5, 0.6) is 0 Å². The Morgan fingerprint density at radius 1 is 1.28 bits per heavy atom. The summed E-state index contributed by atoms with van der Waals surface area (Å²) in [6.07, 6.45) is 3.83. The van der Waals surface area contributed by atoms with E-state index in [9.17, 15) is 9.59 Å². The highest BCUT2D eigenvalue weighted by Crippen LogP contribution is 2.09. The molecule has 0 aromatic carbocycles. The molecule has 0 aromatic heterocycles. The molecule has 0 aliphatic carbocycles. The monoisotopic (exact) mass is 257 g/mol. The maximum atomic E-state index is 11.6. The second-order valence-corrected chi connectivity index (χ2v) is 4.47. The normalized spacial score (nSPS) is 19.3. The number of hydrogen-bond donors (Lipinski definition) is 3. The van der Waals surface area contributed by atoms with Gasteiger partial charge in [0, 0.05) is 26.1 Å². The molecular weight excluding hydrogens is 234 g/mol. The smallest absolute Gasteiger partial charge is 0.239 e. The van der Waals surface area contributed by atoms with Crippen molar-refractivity contribution in [2.75, 3.05) is 33.4 Å². The van der Waals surface area contributed by atoms with E-state index in [-0.39, 0.29) is 24.4 Å². The molecule has 1 unspecified atom stereocenters. The molecule has 2 amide bonds. The molecule has 1 aliphatic rings. The quantitative estimate of drug-likeness (QED) is 0.532. The Morgan fingerprint density at radius 3 is 2.78 bits per heavy atom. The van der Waals surface area contributed by atoms with Crippen molar-refractivity contribution in [1.82, 2.24) is 16.0 Å². The van der Waals surface area contributed by atoms with E-state index >= 15 is 0 Å². The van der Waals surface area contributed by atoms with E-state index in [1.165, 1.54) is 12.8 Å². The van der Waals surface area contributed by atoms with Crippen LogP contribution in [0.1, 0.15) is 25.7 Å². The Morgan fingerprint density at radius 2 is 2.11 bits per heavy atom. The molecule has 6 nitrogen and oxygen atoms in total. The lowest BCUT2D eigenvalue weighted by Crippen LogP contribution is -2.42. The summed E-state index contributed by atoms with van der Waals surface area (Å²) in [6.45, 7) is 1.96. The van der Waals surface area contributed by atoms with E-state index in [1.807, 2.05) is 0 Å². The van der Waals surface area contributed by atoms with Gasteiger partial charge in [0.2, 0.25) is 11.8 Å². The van der Waals surface area contributed by atoms with Crippen molar-refractivity contribution in [2.45, 2.75) is 31.7 Å². The Balaban J connectivity index is 2.06. The van der Waals surface area contributed by atoms with Crippen molar-refractivity contribution in [3.63, 3.8) is 0 Å². The number of methoxy groups -OCH3 is 1. The lowest BCUT2D eigenvalue weighted by Gasteiger charge is -2.22. The highest BCUT2D eigenvalue weighted by molar-refractivity contribution is 5.84. The number of rotatable bonds is 7. The summed E-state index contributed by atoms with van der Waals surface area (Å²) >= 11 is 0. The average molecular weight is 257 g/mol. The maximum absolute atomic E-state index is 11.6. The first-order chi connectivity index (χ1) is 8.72. The van der Waals surface area contributed by atoms with Crippen molar-refractivity contribution < 1.29 is 14.3 Å². The fourth-order valence-corrected chi connectivity index (χ4v) is 1.93. The number of ether oxygens (including phenoxy) is 1. The van der Waals surface area contributed by atoms with Gasteiger partial charge in [0.1, 0.15) is 0 Å². The molecule has 1 aliphatic heterocycles. The Labute approximate surface area is 108 Å². The van der Waals surface area contributed by atoms with Crippen LogP contribution in [0.2, 0.25) is 0 Å². The minimum atomic E-state index is -0.183. The van der Waals surface area contributed by atoms with Crippen molar-refractivity contribution >= 4 is 11.8 Å². The largest absolute Gasteiger partial charge is 0.383 e. The molecule has 3 N–H and O–H groups in total. The Kier molecular flexibility index (Phi) is 7.36. The Bertz CT molecular complexity index is 265. The number of hydrogen-bond acceptors (Lipinski definition) is 4. The number of amides is 2. The van der Waals surface area contributed by atoms with Gasteiger partial charge in [-0.2, -0.15) is 0 Å². The van der Waals surface area contributed by atoms with E-state index in [0.717, 1.165) is 13.0 Å². The zero-order chi connectivity index (χ0) is 13.2.